The molecule has 49 heavy (non-hydrogen) atoms. The molecule has 0 bridgehead atoms. The van der Waals surface area contributed by atoms with Crippen molar-refractivity contribution in [3.8, 4) is 22.3 Å². The first-order valence-corrected chi connectivity index (χ1v) is 16.6. The van der Waals surface area contributed by atoms with Crippen LogP contribution in [0.1, 0.15) is 0 Å². The van der Waals surface area contributed by atoms with E-state index in [9.17, 15) is 0 Å². The number of hydrogen-bond acceptors (Lipinski definition) is 2. The number of pyridine rings is 2. The predicted octanol–water partition coefficient (Wildman–Crippen LogP) is 10.4. The lowest BCUT2D eigenvalue weighted by Gasteiger charge is -2.19. The molecule has 0 aliphatic carbocycles. The standard InChI is InChI=1S/C46H29N3/c1-3-13-31-28(2)14-12-20-32(31)44-35-18-7-5-16-33(35)43(34-17-6-8-19-36(34)44)30-24-25-37-42(27-30)49-41-23-11-10-22-40(41)48-46(49)38-26-29-15-4-9-21-39(29)47-45(37)38/h3-27H,1-2H2/b31-13+. The van der Waals surface area contributed by atoms with Gasteiger partial charge in [0.15, 0.2) is 0 Å². The summed E-state index contributed by atoms with van der Waals surface area (Å²) in [6, 6.07) is 49.8. The smallest absolute Gasteiger partial charge is 0.147 e. The Bertz CT molecular complexity index is 3090. The van der Waals surface area contributed by atoms with E-state index in [1.54, 1.807) is 0 Å². The van der Waals surface area contributed by atoms with Gasteiger partial charge >= 0.3 is 0 Å². The van der Waals surface area contributed by atoms with Crippen LogP contribution < -0.4 is 10.4 Å². The van der Waals surface area contributed by atoms with Crippen LogP contribution in [-0.2, 0) is 0 Å². The topological polar surface area (TPSA) is 30.2 Å². The molecule has 10 rings (SSSR count). The number of allylic oxidation sites excluding steroid dienone is 1. The van der Waals surface area contributed by atoms with Crippen LogP contribution in [0.25, 0.3) is 106 Å². The molecule has 0 atom stereocenters. The second-order valence-corrected chi connectivity index (χ2v) is 12.7. The molecular weight excluding hydrogens is 595 g/mol. The zero-order chi connectivity index (χ0) is 32.6. The van der Waals surface area contributed by atoms with Gasteiger partial charge in [0.05, 0.1) is 27.6 Å². The molecule has 7 aromatic carbocycles. The Kier molecular flexibility index (Phi) is 5.88. The SMILES string of the molecule is C=C/C=c1/c(-c2c3ccccc3c(-c3ccc4c5nc6ccccc6cc5c5nc6ccccc6n5c4c3)c3ccccc23)cccc1=C. The lowest BCUT2D eigenvalue weighted by Crippen LogP contribution is -2.24. The van der Waals surface area contributed by atoms with Crippen LogP contribution in [0.4, 0.5) is 0 Å². The number of nitrogens with zero attached hydrogens (tertiary/aromatic N) is 3. The first-order valence-electron chi connectivity index (χ1n) is 16.6. The summed E-state index contributed by atoms with van der Waals surface area (Å²) < 4.78 is 2.32. The van der Waals surface area contributed by atoms with Crippen molar-refractivity contribution in [2.45, 2.75) is 0 Å². The van der Waals surface area contributed by atoms with Crippen molar-refractivity contribution in [3.63, 3.8) is 0 Å². The van der Waals surface area contributed by atoms with Crippen molar-refractivity contribution >= 4 is 83.6 Å². The third-order valence-corrected chi connectivity index (χ3v) is 9.99. The highest BCUT2D eigenvalue weighted by Crippen LogP contribution is 2.44. The van der Waals surface area contributed by atoms with Gasteiger partial charge in [-0.15, -0.1) is 0 Å². The molecule has 0 aliphatic heterocycles. The van der Waals surface area contributed by atoms with Crippen LogP contribution in [0.3, 0.4) is 0 Å². The van der Waals surface area contributed by atoms with Crippen LogP contribution in [0, 0.1) is 0 Å². The van der Waals surface area contributed by atoms with Gasteiger partial charge in [-0.05, 0) is 84.6 Å². The van der Waals surface area contributed by atoms with E-state index in [0.717, 1.165) is 71.0 Å². The molecule has 0 N–H and O–H groups in total. The van der Waals surface area contributed by atoms with Crippen LogP contribution in [-0.4, -0.2) is 14.4 Å². The molecular formula is C46H29N3. The molecule has 0 fully saturated rings. The van der Waals surface area contributed by atoms with Gasteiger partial charge in [-0.2, -0.15) is 0 Å². The summed E-state index contributed by atoms with van der Waals surface area (Å²) in [5.41, 5.74) is 10.7. The molecule has 228 valence electrons. The van der Waals surface area contributed by atoms with Crippen molar-refractivity contribution < 1.29 is 0 Å². The largest absolute Gasteiger partial charge is 0.292 e. The zero-order valence-corrected chi connectivity index (χ0v) is 26.7. The molecule has 0 radical (unpaired) electrons. The summed E-state index contributed by atoms with van der Waals surface area (Å²) in [7, 11) is 0. The Morgan fingerprint density at radius 1 is 0.531 bits per heavy atom. The van der Waals surface area contributed by atoms with E-state index in [4.69, 9.17) is 9.97 Å². The molecule has 0 spiro atoms. The summed E-state index contributed by atoms with van der Waals surface area (Å²) >= 11 is 0. The minimum Gasteiger partial charge on any atom is -0.292 e. The fraction of sp³-hybridized carbons (Fsp3) is 0. The molecule has 0 unspecified atom stereocenters. The minimum absolute atomic E-state index is 0.920. The molecule has 3 aromatic heterocycles. The Morgan fingerprint density at radius 2 is 1.20 bits per heavy atom. The van der Waals surface area contributed by atoms with Crippen molar-refractivity contribution in [1.29, 1.82) is 0 Å². The Labute approximate surface area is 282 Å². The molecule has 10 aromatic rings. The summed E-state index contributed by atoms with van der Waals surface area (Å²) in [6.07, 6.45) is 3.92. The van der Waals surface area contributed by atoms with E-state index in [0.29, 0.717) is 0 Å². The normalized spacial score (nSPS) is 12.4. The van der Waals surface area contributed by atoms with Crippen LogP contribution in [0.5, 0.6) is 0 Å². The lowest BCUT2D eigenvalue weighted by atomic mass is 9.85. The maximum Gasteiger partial charge on any atom is 0.147 e. The lowest BCUT2D eigenvalue weighted by molar-refractivity contribution is 1.31. The first-order chi connectivity index (χ1) is 24.2. The van der Waals surface area contributed by atoms with E-state index in [-0.39, 0.29) is 0 Å². The van der Waals surface area contributed by atoms with Crippen molar-refractivity contribution in [1.82, 2.24) is 14.4 Å². The average molecular weight is 624 g/mol. The monoisotopic (exact) mass is 623 g/mol. The van der Waals surface area contributed by atoms with Gasteiger partial charge in [0.2, 0.25) is 0 Å². The highest BCUT2D eigenvalue weighted by molar-refractivity contribution is 6.22. The van der Waals surface area contributed by atoms with Gasteiger partial charge in [-0.3, -0.25) is 4.40 Å². The van der Waals surface area contributed by atoms with Gasteiger partial charge in [-0.25, -0.2) is 9.97 Å². The molecule has 3 heteroatoms. The fourth-order valence-corrected chi connectivity index (χ4v) is 7.89. The number of imidazole rings is 1. The predicted molar refractivity (Wildman–Crippen MR) is 208 cm³/mol. The minimum atomic E-state index is 0.920. The second kappa shape index (κ2) is 10.5. The quantitative estimate of drug-likeness (QED) is 0.145. The Balaban J connectivity index is 1.37. The maximum atomic E-state index is 5.24. The van der Waals surface area contributed by atoms with E-state index < -0.39 is 0 Å². The van der Waals surface area contributed by atoms with E-state index in [1.807, 2.05) is 6.08 Å². The van der Waals surface area contributed by atoms with Crippen LogP contribution in [0.2, 0.25) is 0 Å². The number of rotatable bonds is 3. The first kappa shape index (κ1) is 27.5. The molecule has 0 aliphatic rings. The summed E-state index contributed by atoms with van der Waals surface area (Å²) in [5, 5.41) is 10.1. The van der Waals surface area contributed by atoms with Gasteiger partial charge in [0, 0.05) is 16.2 Å². The number of fused-ring (bicyclic) bond motifs is 11. The molecule has 3 nitrogen and oxygen atoms in total. The van der Waals surface area contributed by atoms with Gasteiger partial charge in [-0.1, -0.05) is 135 Å². The summed E-state index contributed by atoms with van der Waals surface area (Å²) in [4.78, 5) is 10.4. The highest BCUT2D eigenvalue weighted by atomic mass is 15.0. The number of aromatic nitrogens is 3. The number of benzene rings is 7. The van der Waals surface area contributed by atoms with Crippen molar-refractivity contribution in [2.75, 3.05) is 0 Å². The van der Waals surface area contributed by atoms with E-state index in [1.165, 1.54) is 32.7 Å². The van der Waals surface area contributed by atoms with Gasteiger partial charge < -0.3 is 0 Å². The zero-order valence-electron chi connectivity index (χ0n) is 26.7. The fourth-order valence-electron chi connectivity index (χ4n) is 7.89. The van der Waals surface area contributed by atoms with Gasteiger partial charge in [0.1, 0.15) is 5.65 Å². The molecule has 3 heterocycles. The van der Waals surface area contributed by atoms with Crippen LogP contribution in [0.15, 0.2) is 152 Å². The number of hydrogen-bond donors (Lipinski definition) is 0. The third kappa shape index (κ3) is 3.96. The second-order valence-electron chi connectivity index (χ2n) is 12.7. The molecule has 0 amide bonds. The third-order valence-electron chi connectivity index (χ3n) is 9.99. The average Bonchev–Trinajstić information content (AvgIpc) is 3.54. The number of para-hydroxylation sites is 3. The summed E-state index contributed by atoms with van der Waals surface area (Å²) in [5.74, 6) is 0. The molecule has 0 saturated carbocycles. The van der Waals surface area contributed by atoms with Crippen molar-refractivity contribution in [2.24, 2.45) is 0 Å². The highest BCUT2D eigenvalue weighted by Gasteiger charge is 2.20. The molecule has 0 saturated heterocycles. The van der Waals surface area contributed by atoms with Gasteiger partial charge in [0.25, 0.3) is 0 Å². The Morgan fingerprint density at radius 3 is 1.96 bits per heavy atom. The Hall–Kier alpha value is -6.58. The van der Waals surface area contributed by atoms with E-state index in [2.05, 4.69) is 163 Å². The van der Waals surface area contributed by atoms with Crippen LogP contribution >= 0.6 is 0 Å². The van der Waals surface area contributed by atoms with E-state index >= 15 is 0 Å². The maximum absolute atomic E-state index is 5.24. The van der Waals surface area contributed by atoms with Crippen molar-refractivity contribution in [3.05, 3.63) is 163 Å². The summed E-state index contributed by atoms with van der Waals surface area (Å²) in [6.45, 7) is 8.38.